The van der Waals surface area contributed by atoms with Crippen LogP contribution in [0.4, 0.5) is 14.9 Å². The van der Waals surface area contributed by atoms with Crippen molar-refractivity contribution in [2.45, 2.75) is 13.5 Å². The molecule has 1 aromatic heterocycles. The summed E-state index contributed by atoms with van der Waals surface area (Å²) in [4.78, 5) is 34.8. The number of hydrogen-bond acceptors (Lipinski definition) is 5. The Balaban J connectivity index is 1.85. The molecule has 2 aromatic rings. The van der Waals surface area contributed by atoms with Crippen molar-refractivity contribution in [3.05, 3.63) is 58.6 Å². The van der Waals surface area contributed by atoms with Crippen LogP contribution in [0.15, 0.2) is 36.5 Å². The van der Waals surface area contributed by atoms with Crippen molar-refractivity contribution in [3.8, 4) is 0 Å². The van der Waals surface area contributed by atoms with E-state index in [1.807, 2.05) is 0 Å². The fraction of sp³-hybridized carbons (Fsp3) is 0.381. The summed E-state index contributed by atoms with van der Waals surface area (Å²) < 4.78 is 18.4. The largest absolute Gasteiger partial charge is 0.465 e. The van der Waals surface area contributed by atoms with E-state index in [1.54, 1.807) is 17.0 Å². The van der Waals surface area contributed by atoms with Crippen LogP contribution in [0.5, 0.6) is 0 Å². The summed E-state index contributed by atoms with van der Waals surface area (Å²) >= 11 is 5.96. The monoisotopic (exact) mass is 434 g/mol. The van der Waals surface area contributed by atoms with Crippen LogP contribution in [0.3, 0.4) is 0 Å². The molecule has 30 heavy (non-hydrogen) atoms. The second-order valence-corrected chi connectivity index (χ2v) is 7.33. The lowest BCUT2D eigenvalue weighted by Gasteiger charge is -2.37. The third-order valence-electron chi connectivity index (χ3n) is 5.10. The molecule has 1 aliphatic heterocycles. The lowest BCUT2D eigenvalue weighted by atomic mass is 10.2. The normalized spacial score (nSPS) is 14.5. The van der Waals surface area contributed by atoms with Gasteiger partial charge in [-0.3, -0.25) is 9.88 Å². The molecular weight excluding hydrogens is 411 g/mol. The molecule has 0 unspecified atom stereocenters. The van der Waals surface area contributed by atoms with Crippen molar-refractivity contribution < 1.29 is 18.7 Å². The molecule has 1 aromatic carbocycles. The van der Waals surface area contributed by atoms with Gasteiger partial charge in [0.15, 0.2) is 0 Å². The lowest BCUT2D eigenvalue weighted by molar-refractivity contribution is 0.0600. The number of hydrogen-bond donors (Lipinski definition) is 0. The fourth-order valence-electron chi connectivity index (χ4n) is 3.27. The summed E-state index contributed by atoms with van der Waals surface area (Å²) in [5.74, 6) is -1.04. The van der Waals surface area contributed by atoms with Gasteiger partial charge in [0.2, 0.25) is 0 Å². The quantitative estimate of drug-likeness (QED) is 0.674. The molecule has 0 radical (unpaired) electrons. The Hall–Kier alpha value is -2.71. The molecule has 1 aliphatic rings. The third-order valence-corrected chi connectivity index (χ3v) is 5.39. The fourth-order valence-corrected chi connectivity index (χ4v) is 3.44. The standard InChI is InChI=1S/C21H24ClFN4O3/c1-3-25-8-10-26(11-9-25)21(29)27(17-6-7-19(23)18(22)12-17)14-16-5-4-15(13-24-16)20(28)30-2/h4-7,12-13H,3,8-11,14H2,1-2H3. The summed E-state index contributed by atoms with van der Waals surface area (Å²) in [6, 6.07) is 7.23. The van der Waals surface area contributed by atoms with Crippen LogP contribution in [0, 0.1) is 5.82 Å². The van der Waals surface area contributed by atoms with Gasteiger partial charge in [0, 0.05) is 38.1 Å². The Morgan fingerprint density at radius 1 is 1.20 bits per heavy atom. The van der Waals surface area contributed by atoms with Crippen LogP contribution in [0.25, 0.3) is 0 Å². The van der Waals surface area contributed by atoms with Gasteiger partial charge in [-0.25, -0.2) is 14.0 Å². The van der Waals surface area contributed by atoms with Gasteiger partial charge in [-0.05, 0) is 36.9 Å². The second-order valence-electron chi connectivity index (χ2n) is 6.92. The number of esters is 1. The van der Waals surface area contributed by atoms with E-state index >= 15 is 0 Å². The maximum absolute atomic E-state index is 13.7. The van der Waals surface area contributed by atoms with Crippen LogP contribution < -0.4 is 4.90 Å². The van der Waals surface area contributed by atoms with Gasteiger partial charge in [0.05, 0.1) is 29.9 Å². The number of halogens is 2. The van der Waals surface area contributed by atoms with Crippen molar-refractivity contribution in [2.75, 3.05) is 44.7 Å². The van der Waals surface area contributed by atoms with E-state index in [1.165, 1.54) is 36.4 Å². The predicted molar refractivity (Wildman–Crippen MR) is 112 cm³/mol. The Morgan fingerprint density at radius 3 is 2.50 bits per heavy atom. The molecule has 160 valence electrons. The number of pyridine rings is 1. The number of amides is 2. The number of nitrogens with zero attached hydrogens (tertiary/aromatic N) is 4. The number of methoxy groups -OCH3 is 1. The van der Waals surface area contributed by atoms with Crippen molar-refractivity contribution >= 4 is 29.3 Å². The number of rotatable bonds is 5. The van der Waals surface area contributed by atoms with E-state index in [9.17, 15) is 14.0 Å². The van der Waals surface area contributed by atoms with E-state index in [4.69, 9.17) is 11.6 Å². The predicted octanol–water partition coefficient (Wildman–Crippen LogP) is 3.42. The maximum Gasteiger partial charge on any atom is 0.339 e. The molecule has 1 saturated heterocycles. The van der Waals surface area contributed by atoms with Crippen LogP contribution in [-0.2, 0) is 11.3 Å². The van der Waals surface area contributed by atoms with Crippen LogP contribution >= 0.6 is 11.6 Å². The van der Waals surface area contributed by atoms with Crippen LogP contribution in [0.1, 0.15) is 23.0 Å². The molecular formula is C21H24ClFN4O3. The minimum atomic E-state index is -0.551. The van der Waals surface area contributed by atoms with Gasteiger partial charge in [-0.15, -0.1) is 0 Å². The van der Waals surface area contributed by atoms with Gasteiger partial charge >= 0.3 is 12.0 Å². The average Bonchev–Trinajstić information content (AvgIpc) is 2.79. The smallest absolute Gasteiger partial charge is 0.339 e. The molecule has 0 N–H and O–H groups in total. The van der Waals surface area contributed by atoms with Crippen molar-refractivity contribution in [3.63, 3.8) is 0 Å². The Labute approximate surface area is 180 Å². The summed E-state index contributed by atoms with van der Waals surface area (Å²) in [7, 11) is 1.30. The number of anilines is 1. The number of benzene rings is 1. The number of urea groups is 1. The number of piperazine rings is 1. The zero-order valence-electron chi connectivity index (χ0n) is 17.0. The first-order chi connectivity index (χ1) is 14.4. The van der Waals surface area contributed by atoms with Gasteiger partial charge < -0.3 is 14.5 Å². The first kappa shape index (κ1) is 22.0. The summed E-state index contributed by atoms with van der Waals surface area (Å²) in [5, 5.41) is -0.0601. The summed E-state index contributed by atoms with van der Waals surface area (Å²) in [5.41, 5.74) is 1.37. The Bertz CT molecular complexity index is 902. The summed E-state index contributed by atoms with van der Waals surface area (Å²) in [6.07, 6.45) is 1.40. The molecule has 7 nitrogen and oxygen atoms in total. The highest BCUT2D eigenvalue weighted by Gasteiger charge is 2.27. The molecule has 0 spiro atoms. The van der Waals surface area contributed by atoms with Crippen molar-refractivity contribution in [1.82, 2.24) is 14.8 Å². The van der Waals surface area contributed by atoms with Crippen molar-refractivity contribution in [1.29, 1.82) is 0 Å². The molecule has 0 aliphatic carbocycles. The number of ether oxygens (including phenoxy) is 1. The molecule has 9 heteroatoms. The summed E-state index contributed by atoms with van der Waals surface area (Å²) in [6.45, 7) is 5.98. The topological polar surface area (TPSA) is 66.0 Å². The van der Waals surface area contributed by atoms with E-state index in [2.05, 4.69) is 21.5 Å². The highest BCUT2D eigenvalue weighted by Crippen LogP contribution is 2.25. The minimum Gasteiger partial charge on any atom is -0.465 e. The molecule has 2 heterocycles. The zero-order chi connectivity index (χ0) is 21.7. The molecule has 0 atom stereocenters. The van der Waals surface area contributed by atoms with E-state index in [0.717, 1.165) is 19.6 Å². The van der Waals surface area contributed by atoms with E-state index in [-0.39, 0.29) is 17.6 Å². The molecule has 0 bridgehead atoms. The first-order valence-electron chi connectivity index (χ1n) is 9.70. The Morgan fingerprint density at radius 2 is 1.93 bits per heavy atom. The number of carbonyl (C=O) groups excluding carboxylic acids is 2. The average molecular weight is 435 g/mol. The molecule has 1 fully saturated rings. The van der Waals surface area contributed by atoms with Gasteiger partial charge in [-0.1, -0.05) is 18.5 Å². The van der Waals surface area contributed by atoms with Crippen LogP contribution in [-0.4, -0.2) is 66.6 Å². The van der Waals surface area contributed by atoms with Gasteiger partial charge in [0.25, 0.3) is 0 Å². The molecule has 2 amide bonds. The third kappa shape index (κ3) is 5.06. The van der Waals surface area contributed by atoms with E-state index in [0.29, 0.717) is 30.0 Å². The van der Waals surface area contributed by atoms with Gasteiger partial charge in [-0.2, -0.15) is 0 Å². The highest BCUT2D eigenvalue weighted by atomic mass is 35.5. The zero-order valence-corrected chi connectivity index (χ0v) is 17.7. The number of likely N-dealkylation sites (N-methyl/N-ethyl adjacent to an activating group) is 1. The van der Waals surface area contributed by atoms with Crippen molar-refractivity contribution in [2.24, 2.45) is 0 Å². The molecule has 0 saturated carbocycles. The minimum absolute atomic E-state index is 0.0601. The maximum atomic E-state index is 13.7. The SMILES string of the molecule is CCN1CCN(C(=O)N(Cc2ccc(C(=O)OC)cn2)c2ccc(F)c(Cl)c2)CC1. The molecule has 3 rings (SSSR count). The number of carbonyl (C=O) groups is 2. The van der Waals surface area contributed by atoms with Gasteiger partial charge in [0.1, 0.15) is 5.82 Å². The second kappa shape index (κ2) is 9.86. The van der Waals surface area contributed by atoms with E-state index < -0.39 is 11.8 Å². The van der Waals surface area contributed by atoms with Crippen LogP contribution in [0.2, 0.25) is 5.02 Å². The lowest BCUT2D eigenvalue weighted by Crippen LogP contribution is -2.52. The Kier molecular flexibility index (Phi) is 7.23. The number of aromatic nitrogens is 1. The highest BCUT2D eigenvalue weighted by molar-refractivity contribution is 6.31. The first-order valence-corrected chi connectivity index (χ1v) is 10.1.